The molecular formula is C35H50F2O3. The van der Waals surface area contributed by atoms with Gasteiger partial charge in [-0.15, -0.1) is 0 Å². The number of carbonyl (C=O) groups excluding carboxylic acids is 1. The fourth-order valence-electron chi connectivity index (χ4n) is 6.12. The minimum atomic E-state index is -0.231. The summed E-state index contributed by atoms with van der Waals surface area (Å²) in [6, 6.07) is 10.9. The van der Waals surface area contributed by atoms with E-state index in [0.29, 0.717) is 29.4 Å². The second-order valence-electron chi connectivity index (χ2n) is 11.1. The van der Waals surface area contributed by atoms with Crippen LogP contribution in [0.5, 0.6) is 0 Å². The normalized spacial score (nSPS) is 22.2. The van der Waals surface area contributed by atoms with Gasteiger partial charge in [-0.1, -0.05) is 63.5 Å². The molecule has 2 aliphatic rings. The molecule has 3 nitrogen and oxygen atoms in total. The second kappa shape index (κ2) is 18.9. The van der Waals surface area contributed by atoms with Gasteiger partial charge < -0.3 is 9.84 Å². The van der Waals surface area contributed by atoms with Crippen LogP contribution in [0.3, 0.4) is 0 Å². The molecule has 40 heavy (non-hydrogen) atoms. The summed E-state index contributed by atoms with van der Waals surface area (Å²) in [5.74, 6) is 1.10. The summed E-state index contributed by atoms with van der Waals surface area (Å²) in [5.41, 5.74) is 3.00. The average molecular weight is 557 g/mol. The fourth-order valence-corrected chi connectivity index (χ4v) is 6.12. The number of aliphatic hydroxyl groups is 1. The van der Waals surface area contributed by atoms with Crippen molar-refractivity contribution in [2.24, 2.45) is 5.92 Å². The van der Waals surface area contributed by atoms with Gasteiger partial charge >= 0.3 is 0 Å². The van der Waals surface area contributed by atoms with Crippen molar-refractivity contribution in [1.82, 2.24) is 0 Å². The van der Waals surface area contributed by atoms with Crippen LogP contribution in [0, 0.1) is 17.6 Å². The molecule has 222 valence electrons. The molecule has 0 aliphatic heterocycles. The van der Waals surface area contributed by atoms with Gasteiger partial charge in [-0.3, -0.25) is 4.79 Å². The Morgan fingerprint density at radius 2 is 1.52 bits per heavy atom. The van der Waals surface area contributed by atoms with E-state index in [1.54, 1.807) is 20.1 Å². The molecule has 0 bridgehead atoms. The Morgan fingerprint density at radius 3 is 2.05 bits per heavy atom. The first-order chi connectivity index (χ1) is 19.4. The molecule has 0 heterocycles. The number of allylic oxidation sites excluding steroid dienone is 1. The van der Waals surface area contributed by atoms with Crippen molar-refractivity contribution in [2.45, 2.75) is 109 Å². The van der Waals surface area contributed by atoms with E-state index in [0.717, 1.165) is 55.6 Å². The van der Waals surface area contributed by atoms with Gasteiger partial charge in [0.05, 0.1) is 6.10 Å². The van der Waals surface area contributed by atoms with Crippen LogP contribution in [0.1, 0.15) is 114 Å². The topological polar surface area (TPSA) is 46.5 Å². The van der Waals surface area contributed by atoms with Crippen LogP contribution in [0.2, 0.25) is 0 Å². The fraction of sp³-hybridized carbons (Fsp3) is 0.571. The van der Waals surface area contributed by atoms with Crippen molar-refractivity contribution >= 4 is 6.29 Å². The molecule has 2 aromatic carbocycles. The van der Waals surface area contributed by atoms with E-state index in [1.807, 2.05) is 18.2 Å². The van der Waals surface area contributed by atoms with Gasteiger partial charge in [0.25, 0.3) is 0 Å². The van der Waals surface area contributed by atoms with Crippen molar-refractivity contribution in [3.8, 4) is 11.1 Å². The Kier molecular flexibility index (Phi) is 16.0. The van der Waals surface area contributed by atoms with E-state index in [2.05, 4.69) is 19.6 Å². The van der Waals surface area contributed by atoms with Crippen molar-refractivity contribution in [1.29, 1.82) is 0 Å². The van der Waals surface area contributed by atoms with Gasteiger partial charge in [0.2, 0.25) is 0 Å². The number of aldehydes is 1. The maximum absolute atomic E-state index is 15.1. The molecule has 5 heteroatoms. The predicted octanol–water partition coefficient (Wildman–Crippen LogP) is 9.53. The van der Waals surface area contributed by atoms with Gasteiger partial charge in [-0.05, 0) is 111 Å². The van der Waals surface area contributed by atoms with Crippen molar-refractivity contribution in [2.75, 3.05) is 13.7 Å². The Labute approximate surface area is 241 Å². The summed E-state index contributed by atoms with van der Waals surface area (Å²) >= 11 is 0. The zero-order valence-corrected chi connectivity index (χ0v) is 24.8. The Balaban J connectivity index is 0.000000722. The molecule has 0 unspecified atom stereocenters. The Bertz CT molecular complexity index is 1000. The molecule has 1 N–H and O–H groups in total. The number of rotatable bonds is 9. The van der Waals surface area contributed by atoms with Gasteiger partial charge in [0.15, 0.2) is 0 Å². The van der Waals surface area contributed by atoms with Crippen LogP contribution in [0.25, 0.3) is 11.1 Å². The largest absolute Gasteiger partial charge is 0.397 e. The highest BCUT2D eigenvalue weighted by Gasteiger charge is 2.25. The van der Waals surface area contributed by atoms with Gasteiger partial charge in [-0.2, -0.15) is 0 Å². The molecule has 0 aromatic heterocycles. The minimum Gasteiger partial charge on any atom is -0.397 e. The summed E-state index contributed by atoms with van der Waals surface area (Å²) in [5, 5.41) is 7.57. The summed E-state index contributed by atoms with van der Waals surface area (Å²) < 4.78 is 35.5. The number of carbonyl (C=O) groups is 1. The summed E-state index contributed by atoms with van der Waals surface area (Å²) in [6.07, 6.45) is 16.1. The lowest BCUT2D eigenvalue weighted by molar-refractivity contribution is -0.104. The SMILES string of the molecule is C=CC=O.CCCCCC1CCC(c2ccc(-c3ccc(C4CCC(OC)CC4)c(F)c3)c(F)c2)CC1.CCO. The number of hydrogen-bond donors (Lipinski definition) is 1. The Hall–Kier alpha value is -2.37. The quantitative estimate of drug-likeness (QED) is 0.190. The highest BCUT2D eigenvalue weighted by atomic mass is 19.1. The Morgan fingerprint density at radius 1 is 0.900 bits per heavy atom. The monoisotopic (exact) mass is 556 g/mol. The highest BCUT2D eigenvalue weighted by Crippen LogP contribution is 2.40. The van der Waals surface area contributed by atoms with Gasteiger partial charge in [-0.25, -0.2) is 8.78 Å². The van der Waals surface area contributed by atoms with Crippen LogP contribution in [-0.4, -0.2) is 31.2 Å². The van der Waals surface area contributed by atoms with E-state index < -0.39 is 0 Å². The zero-order chi connectivity index (χ0) is 29.3. The third kappa shape index (κ3) is 10.6. The number of methoxy groups -OCH3 is 1. The number of hydrogen-bond acceptors (Lipinski definition) is 3. The molecule has 4 rings (SSSR count). The minimum absolute atomic E-state index is 0.210. The lowest BCUT2D eigenvalue weighted by Gasteiger charge is -2.29. The lowest BCUT2D eigenvalue weighted by atomic mass is 9.77. The maximum Gasteiger partial charge on any atom is 0.142 e. The molecule has 2 fully saturated rings. The summed E-state index contributed by atoms with van der Waals surface area (Å²) in [7, 11) is 1.75. The molecule has 2 aromatic rings. The first-order valence-corrected chi connectivity index (χ1v) is 15.2. The lowest BCUT2D eigenvalue weighted by Crippen LogP contribution is -2.19. The van der Waals surface area contributed by atoms with Crippen LogP contribution >= 0.6 is 0 Å². The first kappa shape index (κ1) is 33.8. The molecule has 0 saturated heterocycles. The smallest absolute Gasteiger partial charge is 0.142 e. The standard InChI is InChI=1S/C30H40F2O.C3H4O.C2H6O/c1-3-4-5-6-21-7-9-22(10-8-21)24-13-17-28(29(31)19-24)25-14-18-27(30(32)20-25)23-11-15-26(33-2)16-12-23;1-2-3-4;1-2-3/h13-14,17-23,26H,3-12,15-16H2,1-2H3;2-3H,1H2;3H,2H2,1H3. The molecule has 2 aliphatic carbocycles. The molecular weight excluding hydrogens is 506 g/mol. The number of ether oxygens (including phenoxy) is 1. The molecule has 2 saturated carbocycles. The van der Waals surface area contributed by atoms with Crippen LogP contribution in [0.15, 0.2) is 49.1 Å². The molecule has 0 amide bonds. The number of benzene rings is 2. The average Bonchev–Trinajstić information content (AvgIpc) is 2.98. The van der Waals surface area contributed by atoms with E-state index in [4.69, 9.17) is 14.6 Å². The van der Waals surface area contributed by atoms with E-state index in [1.165, 1.54) is 50.7 Å². The third-order valence-electron chi connectivity index (χ3n) is 8.38. The summed E-state index contributed by atoms with van der Waals surface area (Å²) in [4.78, 5) is 9.06. The predicted molar refractivity (Wildman–Crippen MR) is 162 cm³/mol. The van der Waals surface area contributed by atoms with Crippen molar-refractivity contribution < 1.29 is 23.4 Å². The molecule has 0 spiro atoms. The van der Waals surface area contributed by atoms with E-state index in [9.17, 15) is 4.39 Å². The van der Waals surface area contributed by atoms with Crippen LogP contribution in [-0.2, 0) is 9.53 Å². The summed E-state index contributed by atoms with van der Waals surface area (Å²) in [6.45, 7) is 7.30. The zero-order valence-electron chi connectivity index (χ0n) is 24.8. The maximum atomic E-state index is 15.1. The van der Waals surface area contributed by atoms with Gasteiger partial charge in [0.1, 0.15) is 17.9 Å². The van der Waals surface area contributed by atoms with Crippen molar-refractivity contribution in [3.05, 3.63) is 71.8 Å². The van der Waals surface area contributed by atoms with Crippen molar-refractivity contribution in [3.63, 3.8) is 0 Å². The highest BCUT2D eigenvalue weighted by molar-refractivity contribution is 5.65. The van der Waals surface area contributed by atoms with Crippen LogP contribution in [0.4, 0.5) is 8.78 Å². The van der Waals surface area contributed by atoms with Crippen LogP contribution < -0.4 is 0 Å². The number of aliphatic hydroxyl groups excluding tert-OH is 1. The molecule has 0 radical (unpaired) electrons. The van der Waals surface area contributed by atoms with E-state index in [-0.39, 0.29) is 24.2 Å². The number of unbranched alkanes of at least 4 members (excludes halogenated alkanes) is 2. The van der Waals surface area contributed by atoms with Gasteiger partial charge in [0, 0.05) is 19.3 Å². The number of halogens is 2. The first-order valence-electron chi connectivity index (χ1n) is 15.2. The second-order valence-corrected chi connectivity index (χ2v) is 11.1. The molecule has 0 atom stereocenters. The third-order valence-corrected chi connectivity index (χ3v) is 8.38. The van der Waals surface area contributed by atoms with E-state index >= 15 is 4.39 Å².